The molecule has 0 aromatic heterocycles. The van der Waals surface area contributed by atoms with Crippen molar-refractivity contribution in [3.8, 4) is 5.75 Å². The molecule has 4 unspecified atom stereocenters. The van der Waals surface area contributed by atoms with Crippen molar-refractivity contribution in [1.29, 1.82) is 0 Å². The summed E-state index contributed by atoms with van der Waals surface area (Å²) in [7, 11) is 0. The maximum absolute atomic E-state index is 13.2. The predicted molar refractivity (Wildman–Crippen MR) is 156 cm³/mol. The van der Waals surface area contributed by atoms with Gasteiger partial charge in [0.1, 0.15) is 23.9 Å². The predicted octanol–water partition coefficient (Wildman–Crippen LogP) is -1.43. The van der Waals surface area contributed by atoms with E-state index in [0.29, 0.717) is 11.1 Å². The zero-order valence-corrected chi connectivity index (χ0v) is 23.3. The number of carboxylic acids is 2. The smallest absolute Gasteiger partial charge is 0.326 e. The lowest BCUT2D eigenvalue weighted by Gasteiger charge is -2.25. The van der Waals surface area contributed by atoms with E-state index in [1.807, 2.05) is 0 Å². The number of aromatic hydroxyl groups is 1. The molecule has 0 fully saturated rings. The van der Waals surface area contributed by atoms with Crippen LogP contribution in [-0.4, -0.2) is 81.7 Å². The molecule has 4 atom stereocenters. The van der Waals surface area contributed by atoms with E-state index in [0.717, 1.165) is 0 Å². The molecule has 2 aromatic rings. The number of aliphatic carboxylic acids is 2. The number of rotatable bonds is 17. The molecule has 0 heterocycles. The van der Waals surface area contributed by atoms with Gasteiger partial charge in [-0.1, -0.05) is 42.5 Å². The molecule has 2 rings (SSSR count). The first-order valence-electron chi connectivity index (χ1n) is 13.3. The fourth-order valence-corrected chi connectivity index (χ4v) is 4.01. The first-order chi connectivity index (χ1) is 20.3. The van der Waals surface area contributed by atoms with Gasteiger partial charge in [-0.3, -0.25) is 24.2 Å². The quantitative estimate of drug-likeness (QED) is 0.0577. The lowest BCUT2D eigenvalue weighted by molar-refractivity contribution is -0.143. The van der Waals surface area contributed by atoms with Crippen molar-refractivity contribution in [2.75, 3.05) is 6.54 Å². The van der Waals surface area contributed by atoms with Crippen LogP contribution < -0.4 is 33.2 Å². The van der Waals surface area contributed by atoms with Crippen molar-refractivity contribution >= 4 is 35.6 Å². The van der Waals surface area contributed by atoms with Crippen LogP contribution in [0.2, 0.25) is 0 Å². The van der Waals surface area contributed by atoms with Crippen LogP contribution in [0.15, 0.2) is 59.6 Å². The van der Waals surface area contributed by atoms with Crippen LogP contribution in [-0.2, 0) is 36.8 Å². The number of guanidine groups is 1. The van der Waals surface area contributed by atoms with Crippen LogP contribution in [0.5, 0.6) is 5.75 Å². The minimum absolute atomic E-state index is 0.0134. The number of aliphatic imine (C=N–C) groups is 1. The van der Waals surface area contributed by atoms with E-state index >= 15 is 0 Å². The molecule has 0 bridgehead atoms. The molecule has 15 heteroatoms. The number of nitrogens with two attached hydrogens (primary N) is 3. The Morgan fingerprint density at radius 1 is 0.744 bits per heavy atom. The largest absolute Gasteiger partial charge is 0.508 e. The van der Waals surface area contributed by atoms with E-state index in [-0.39, 0.29) is 43.9 Å². The Kier molecular flexibility index (Phi) is 13.4. The van der Waals surface area contributed by atoms with E-state index in [1.165, 1.54) is 12.1 Å². The summed E-state index contributed by atoms with van der Waals surface area (Å²) in [4.78, 5) is 66.4. The van der Waals surface area contributed by atoms with Crippen molar-refractivity contribution in [2.45, 2.75) is 56.3 Å². The molecule has 12 N–H and O–H groups in total. The second kappa shape index (κ2) is 16.9. The number of hydrogen-bond donors (Lipinski definition) is 9. The van der Waals surface area contributed by atoms with E-state index in [4.69, 9.17) is 17.2 Å². The van der Waals surface area contributed by atoms with Gasteiger partial charge in [0.15, 0.2) is 5.96 Å². The SMILES string of the molecule is NC(N)=NCCCC(NC(=O)C(Cc1ccccc1)NC(=O)C(CC(=O)O)NC(=O)C(N)Cc1ccc(O)cc1)C(=O)O. The highest BCUT2D eigenvalue weighted by Crippen LogP contribution is 2.11. The van der Waals surface area contributed by atoms with Crippen molar-refractivity contribution < 1.29 is 39.3 Å². The second-order valence-electron chi connectivity index (χ2n) is 9.74. The molecule has 0 saturated carbocycles. The van der Waals surface area contributed by atoms with Gasteiger partial charge in [-0.2, -0.15) is 0 Å². The Bertz CT molecular complexity index is 1280. The zero-order valence-electron chi connectivity index (χ0n) is 23.3. The Morgan fingerprint density at radius 2 is 1.30 bits per heavy atom. The van der Waals surface area contributed by atoms with E-state index in [1.54, 1.807) is 42.5 Å². The average molecular weight is 600 g/mol. The average Bonchev–Trinajstić information content (AvgIpc) is 2.94. The Hall–Kier alpha value is -5.18. The summed E-state index contributed by atoms with van der Waals surface area (Å²) in [5, 5.41) is 35.6. The van der Waals surface area contributed by atoms with Gasteiger partial charge in [-0.15, -0.1) is 0 Å². The van der Waals surface area contributed by atoms with Crippen molar-refractivity contribution in [1.82, 2.24) is 16.0 Å². The first kappa shape index (κ1) is 34.0. The maximum Gasteiger partial charge on any atom is 0.326 e. The Balaban J connectivity index is 2.19. The summed E-state index contributed by atoms with van der Waals surface area (Å²) in [6.45, 7) is 0.137. The standard InChI is InChI=1S/C28H37N7O8/c29-19(13-17-8-10-18(36)11-9-17)24(39)34-22(15-23(37)38)26(41)35-21(14-16-5-2-1-3-6-16)25(40)33-20(27(42)43)7-4-12-32-28(30)31/h1-3,5-6,8-11,19-22,36H,4,7,12-15,29H2,(H,33,40)(H,34,39)(H,35,41)(H,37,38)(H,42,43)(H4,30,31,32). The van der Waals surface area contributed by atoms with Crippen LogP contribution >= 0.6 is 0 Å². The summed E-state index contributed by atoms with van der Waals surface area (Å²) in [6, 6.07) is 9.07. The minimum Gasteiger partial charge on any atom is -0.508 e. The Labute approximate surface area is 247 Å². The number of phenols is 1. The lowest BCUT2D eigenvalue weighted by Crippen LogP contribution is -2.58. The van der Waals surface area contributed by atoms with Crippen LogP contribution in [0.25, 0.3) is 0 Å². The number of carbonyl (C=O) groups is 5. The number of nitrogens with zero attached hydrogens (tertiary/aromatic N) is 1. The van der Waals surface area contributed by atoms with E-state index in [2.05, 4.69) is 20.9 Å². The summed E-state index contributed by atoms with van der Waals surface area (Å²) < 4.78 is 0. The summed E-state index contributed by atoms with van der Waals surface area (Å²) in [5.41, 5.74) is 17.8. The molecule has 43 heavy (non-hydrogen) atoms. The normalized spacial score (nSPS) is 13.4. The number of phenolic OH excluding ortho intramolecular Hbond substituents is 1. The molecule has 3 amide bonds. The fraction of sp³-hybridized carbons (Fsp3) is 0.357. The van der Waals surface area contributed by atoms with Crippen LogP contribution in [0, 0.1) is 0 Å². The second-order valence-corrected chi connectivity index (χ2v) is 9.74. The van der Waals surface area contributed by atoms with Gasteiger partial charge in [0.25, 0.3) is 0 Å². The number of nitrogens with one attached hydrogen (secondary N) is 3. The third-order valence-corrected chi connectivity index (χ3v) is 6.22. The molecular formula is C28H37N7O8. The van der Waals surface area contributed by atoms with E-state index in [9.17, 15) is 39.3 Å². The first-order valence-corrected chi connectivity index (χ1v) is 13.3. The molecule has 0 aliphatic carbocycles. The van der Waals surface area contributed by atoms with Gasteiger partial charge >= 0.3 is 11.9 Å². The maximum atomic E-state index is 13.2. The number of carboxylic acid groups (broad SMARTS) is 2. The molecule has 15 nitrogen and oxygen atoms in total. The summed E-state index contributed by atoms with van der Waals surface area (Å²) in [5.74, 6) is -5.49. The number of amides is 3. The van der Waals surface area contributed by atoms with Gasteiger partial charge < -0.3 is 48.5 Å². The lowest BCUT2D eigenvalue weighted by atomic mass is 10.0. The van der Waals surface area contributed by atoms with Crippen molar-refractivity contribution in [2.24, 2.45) is 22.2 Å². The van der Waals surface area contributed by atoms with Crippen molar-refractivity contribution in [3.63, 3.8) is 0 Å². The summed E-state index contributed by atoms with van der Waals surface area (Å²) in [6.07, 6.45) is -0.618. The van der Waals surface area contributed by atoms with Gasteiger partial charge in [-0.05, 0) is 42.5 Å². The van der Waals surface area contributed by atoms with Gasteiger partial charge in [-0.25, -0.2) is 4.79 Å². The molecule has 0 aliphatic heterocycles. The van der Waals surface area contributed by atoms with Crippen LogP contribution in [0.1, 0.15) is 30.4 Å². The number of carbonyl (C=O) groups excluding carboxylic acids is 3. The Morgan fingerprint density at radius 3 is 1.88 bits per heavy atom. The van der Waals surface area contributed by atoms with Gasteiger partial charge in [0, 0.05) is 13.0 Å². The fourth-order valence-electron chi connectivity index (χ4n) is 4.01. The zero-order chi connectivity index (χ0) is 31.9. The number of hydrogen-bond acceptors (Lipinski definition) is 8. The topological polar surface area (TPSA) is 273 Å². The molecule has 2 aromatic carbocycles. The third-order valence-electron chi connectivity index (χ3n) is 6.22. The highest BCUT2D eigenvalue weighted by molar-refractivity contribution is 5.95. The van der Waals surface area contributed by atoms with E-state index < -0.39 is 60.2 Å². The van der Waals surface area contributed by atoms with Crippen molar-refractivity contribution in [3.05, 3.63) is 65.7 Å². The highest BCUT2D eigenvalue weighted by atomic mass is 16.4. The highest BCUT2D eigenvalue weighted by Gasteiger charge is 2.31. The van der Waals surface area contributed by atoms with Crippen LogP contribution in [0.3, 0.4) is 0 Å². The molecule has 0 spiro atoms. The minimum atomic E-state index is -1.60. The van der Waals surface area contributed by atoms with Gasteiger partial charge in [0.05, 0.1) is 12.5 Å². The number of benzene rings is 2. The molecular weight excluding hydrogens is 562 g/mol. The summed E-state index contributed by atoms with van der Waals surface area (Å²) >= 11 is 0. The molecule has 0 radical (unpaired) electrons. The molecule has 232 valence electrons. The third kappa shape index (κ3) is 12.5. The van der Waals surface area contributed by atoms with Crippen LogP contribution in [0.4, 0.5) is 0 Å². The monoisotopic (exact) mass is 599 g/mol. The molecule has 0 saturated heterocycles. The molecule has 0 aliphatic rings. The van der Waals surface area contributed by atoms with Gasteiger partial charge in [0.2, 0.25) is 17.7 Å².